The molecule has 0 atom stereocenters. The fourth-order valence-corrected chi connectivity index (χ4v) is 1.68. The van der Waals surface area contributed by atoms with Crippen molar-refractivity contribution in [3.8, 4) is 0 Å². The maximum absolute atomic E-state index is 11.7. The zero-order chi connectivity index (χ0) is 12.0. The van der Waals surface area contributed by atoms with Gasteiger partial charge in [0, 0.05) is 16.6 Å². The monoisotopic (exact) mass is 283 g/mol. The van der Waals surface area contributed by atoms with Crippen LogP contribution >= 0.6 is 15.9 Å². The van der Waals surface area contributed by atoms with Crippen LogP contribution in [0.3, 0.4) is 0 Å². The van der Waals surface area contributed by atoms with Crippen LogP contribution in [0.1, 0.15) is 37.0 Å². The van der Waals surface area contributed by atoms with Crippen molar-refractivity contribution >= 4 is 21.8 Å². The van der Waals surface area contributed by atoms with Gasteiger partial charge in [0.15, 0.2) is 0 Å². The van der Waals surface area contributed by atoms with E-state index >= 15 is 0 Å². The summed E-state index contributed by atoms with van der Waals surface area (Å²) in [6.07, 6.45) is 2.19. The topological polar surface area (TPSA) is 29.1 Å². The van der Waals surface area contributed by atoms with E-state index in [1.54, 1.807) is 0 Å². The highest BCUT2D eigenvalue weighted by Crippen LogP contribution is 2.10. The molecule has 1 aromatic carbocycles. The van der Waals surface area contributed by atoms with Crippen LogP contribution in [-0.2, 0) is 0 Å². The lowest BCUT2D eigenvalue weighted by Gasteiger charge is -2.06. The summed E-state index contributed by atoms with van der Waals surface area (Å²) in [5.74, 6) is 0.709. The molecular formula is C13H18BrNO. The molecule has 0 aliphatic carbocycles. The average Bonchev–Trinajstić information content (AvgIpc) is 2.25. The number of hydrogen-bond donors (Lipinski definition) is 1. The molecule has 0 saturated heterocycles. The summed E-state index contributed by atoms with van der Waals surface area (Å²) < 4.78 is 0.990. The van der Waals surface area contributed by atoms with Gasteiger partial charge in [0.2, 0.25) is 0 Å². The Labute approximate surface area is 106 Å². The summed E-state index contributed by atoms with van der Waals surface area (Å²) in [5.41, 5.74) is 0.716. The molecule has 1 aromatic rings. The quantitative estimate of drug-likeness (QED) is 0.822. The minimum Gasteiger partial charge on any atom is -0.352 e. The molecular weight excluding hydrogens is 266 g/mol. The molecule has 1 rings (SSSR count). The van der Waals surface area contributed by atoms with E-state index in [2.05, 4.69) is 35.1 Å². The van der Waals surface area contributed by atoms with Gasteiger partial charge in [0.25, 0.3) is 5.91 Å². The summed E-state index contributed by atoms with van der Waals surface area (Å²) in [7, 11) is 0. The van der Waals surface area contributed by atoms with Gasteiger partial charge in [-0.25, -0.2) is 0 Å². The van der Waals surface area contributed by atoms with Crippen molar-refractivity contribution in [3.63, 3.8) is 0 Å². The van der Waals surface area contributed by atoms with Crippen LogP contribution in [0.2, 0.25) is 0 Å². The van der Waals surface area contributed by atoms with Gasteiger partial charge in [0.05, 0.1) is 0 Å². The first-order valence-electron chi connectivity index (χ1n) is 5.63. The highest BCUT2D eigenvalue weighted by Gasteiger charge is 2.03. The third kappa shape index (κ3) is 4.79. The van der Waals surface area contributed by atoms with Gasteiger partial charge >= 0.3 is 0 Å². The van der Waals surface area contributed by atoms with Crippen molar-refractivity contribution < 1.29 is 4.79 Å². The van der Waals surface area contributed by atoms with Crippen molar-refractivity contribution in [1.82, 2.24) is 5.32 Å². The molecule has 0 unspecified atom stereocenters. The lowest BCUT2D eigenvalue weighted by molar-refractivity contribution is 0.0952. The van der Waals surface area contributed by atoms with Crippen LogP contribution < -0.4 is 5.32 Å². The maximum Gasteiger partial charge on any atom is 0.251 e. The molecule has 3 heteroatoms. The van der Waals surface area contributed by atoms with Crippen molar-refractivity contribution in [1.29, 1.82) is 0 Å². The van der Waals surface area contributed by atoms with Crippen molar-refractivity contribution in [3.05, 3.63) is 34.3 Å². The largest absolute Gasteiger partial charge is 0.352 e. The minimum absolute atomic E-state index is 0.0104. The van der Waals surface area contributed by atoms with Crippen LogP contribution in [0, 0.1) is 5.92 Å². The Hall–Kier alpha value is -0.830. The fourth-order valence-electron chi connectivity index (χ4n) is 1.42. The Morgan fingerprint density at radius 2 is 1.94 bits per heavy atom. The van der Waals surface area contributed by atoms with Crippen LogP contribution in [0.25, 0.3) is 0 Å². The molecule has 1 amide bonds. The molecule has 0 heterocycles. The summed E-state index contributed by atoms with van der Waals surface area (Å²) in [5, 5.41) is 2.92. The Morgan fingerprint density at radius 3 is 2.50 bits per heavy atom. The summed E-state index contributed by atoms with van der Waals surface area (Å²) in [6, 6.07) is 7.40. The van der Waals surface area contributed by atoms with E-state index in [0.717, 1.165) is 23.9 Å². The van der Waals surface area contributed by atoms with Gasteiger partial charge in [-0.1, -0.05) is 29.8 Å². The molecule has 0 aliphatic heterocycles. The summed E-state index contributed by atoms with van der Waals surface area (Å²) >= 11 is 3.34. The van der Waals surface area contributed by atoms with E-state index in [4.69, 9.17) is 0 Å². The second kappa shape index (κ2) is 6.69. The molecule has 0 fully saturated rings. The lowest BCUT2D eigenvalue weighted by Crippen LogP contribution is -2.24. The average molecular weight is 284 g/mol. The van der Waals surface area contributed by atoms with Crippen LogP contribution in [-0.4, -0.2) is 12.5 Å². The molecule has 0 saturated carbocycles. The molecule has 0 aliphatic rings. The zero-order valence-corrected chi connectivity index (χ0v) is 11.4. The molecule has 1 N–H and O–H groups in total. The molecule has 0 radical (unpaired) electrons. The third-order valence-corrected chi connectivity index (χ3v) is 2.88. The van der Waals surface area contributed by atoms with Gasteiger partial charge in [-0.15, -0.1) is 0 Å². The standard InChI is InChI=1S/C13H18BrNO/c1-10(2)4-3-9-15-13(16)11-5-7-12(14)8-6-11/h5-8,10H,3-4,9H2,1-2H3,(H,15,16). The highest BCUT2D eigenvalue weighted by molar-refractivity contribution is 9.10. The Kier molecular flexibility index (Phi) is 5.53. The maximum atomic E-state index is 11.7. The van der Waals surface area contributed by atoms with Gasteiger partial charge < -0.3 is 5.32 Å². The number of halogens is 1. The van der Waals surface area contributed by atoms with E-state index in [0.29, 0.717) is 11.5 Å². The number of nitrogens with one attached hydrogen (secondary N) is 1. The third-order valence-electron chi connectivity index (χ3n) is 2.35. The molecule has 2 nitrogen and oxygen atoms in total. The Balaban J connectivity index is 2.32. The summed E-state index contributed by atoms with van der Waals surface area (Å²) in [4.78, 5) is 11.7. The fraction of sp³-hybridized carbons (Fsp3) is 0.462. The molecule has 0 spiro atoms. The van der Waals surface area contributed by atoms with E-state index in [9.17, 15) is 4.79 Å². The van der Waals surface area contributed by atoms with Gasteiger partial charge in [-0.3, -0.25) is 4.79 Å². The lowest BCUT2D eigenvalue weighted by atomic mass is 10.1. The van der Waals surface area contributed by atoms with Gasteiger partial charge in [0.1, 0.15) is 0 Å². The zero-order valence-electron chi connectivity index (χ0n) is 9.79. The predicted octanol–water partition coefficient (Wildman–Crippen LogP) is 3.62. The second-order valence-electron chi connectivity index (χ2n) is 4.30. The minimum atomic E-state index is 0.0104. The Bertz CT molecular complexity index is 332. The molecule has 16 heavy (non-hydrogen) atoms. The van der Waals surface area contributed by atoms with Crippen molar-refractivity contribution in [2.24, 2.45) is 5.92 Å². The second-order valence-corrected chi connectivity index (χ2v) is 5.21. The van der Waals surface area contributed by atoms with E-state index in [1.165, 1.54) is 0 Å². The molecule has 88 valence electrons. The normalized spacial score (nSPS) is 10.5. The number of amides is 1. The Morgan fingerprint density at radius 1 is 1.31 bits per heavy atom. The first-order chi connectivity index (χ1) is 7.59. The van der Waals surface area contributed by atoms with Crippen LogP contribution in [0.5, 0.6) is 0 Å². The van der Waals surface area contributed by atoms with Crippen molar-refractivity contribution in [2.45, 2.75) is 26.7 Å². The number of benzene rings is 1. The van der Waals surface area contributed by atoms with E-state index in [1.807, 2.05) is 24.3 Å². The molecule has 0 aromatic heterocycles. The van der Waals surface area contributed by atoms with Crippen LogP contribution in [0.15, 0.2) is 28.7 Å². The van der Waals surface area contributed by atoms with Gasteiger partial charge in [-0.05, 0) is 43.0 Å². The number of hydrogen-bond acceptors (Lipinski definition) is 1. The van der Waals surface area contributed by atoms with E-state index in [-0.39, 0.29) is 5.91 Å². The summed E-state index contributed by atoms with van der Waals surface area (Å²) in [6.45, 7) is 5.14. The van der Waals surface area contributed by atoms with E-state index < -0.39 is 0 Å². The number of carbonyl (C=O) groups excluding carboxylic acids is 1. The van der Waals surface area contributed by atoms with Gasteiger partial charge in [-0.2, -0.15) is 0 Å². The highest BCUT2D eigenvalue weighted by atomic mass is 79.9. The van der Waals surface area contributed by atoms with Crippen LogP contribution in [0.4, 0.5) is 0 Å². The number of rotatable bonds is 5. The first-order valence-corrected chi connectivity index (χ1v) is 6.42. The number of carbonyl (C=O) groups is 1. The van der Waals surface area contributed by atoms with Crippen molar-refractivity contribution in [2.75, 3.05) is 6.54 Å². The first kappa shape index (κ1) is 13.2. The predicted molar refractivity (Wildman–Crippen MR) is 70.5 cm³/mol. The smallest absolute Gasteiger partial charge is 0.251 e. The SMILES string of the molecule is CC(C)CCCNC(=O)c1ccc(Br)cc1. The molecule has 0 bridgehead atoms.